The molecule has 12 nitrogen and oxygen atoms in total. The predicted molar refractivity (Wildman–Crippen MR) is 206 cm³/mol. The summed E-state index contributed by atoms with van der Waals surface area (Å²) < 4.78 is 6.24. The summed E-state index contributed by atoms with van der Waals surface area (Å²) in [4.78, 5) is 55.3. The highest BCUT2D eigenvalue weighted by Crippen LogP contribution is 2.17. The van der Waals surface area contributed by atoms with Gasteiger partial charge in [0.2, 0.25) is 0 Å². The van der Waals surface area contributed by atoms with Crippen LogP contribution in [-0.4, -0.2) is 101 Å². The van der Waals surface area contributed by atoms with Gasteiger partial charge in [-0.2, -0.15) is 0 Å². The molecule has 0 saturated carbocycles. The number of quaternary nitrogens is 3. The van der Waals surface area contributed by atoms with Crippen LogP contribution in [0.3, 0.4) is 0 Å². The number of pyridine rings is 3. The van der Waals surface area contributed by atoms with Gasteiger partial charge in [0, 0.05) is 66.8 Å². The first-order chi connectivity index (χ1) is 25.1. The van der Waals surface area contributed by atoms with Gasteiger partial charge in [0.25, 0.3) is 0 Å². The Morgan fingerprint density at radius 3 is 0.945 bits per heavy atom. The lowest BCUT2D eigenvalue weighted by molar-refractivity contribution is -0.938. The van der Waals surface area contributed by atoms with E-state index in [4.69, 9.17) is 0 Å². The standard InChI is InChI=1S/C40H62N9O3.3ClH/c1-7-47(8-2,32-35-14-20-41-21-15-35)29-13-26-44-38(50)45(27-30-48(9-3,10-4)33-36-16-22-42-23-17-36)40(52)46(39(44)51)28-31-49(11-5,12-6)34-37-18-24-43-25-19-37;;;/h14-25H,7-13,26-34H2,1-6H3;3*1H/q+3;;;/p-3. The van der Waals surface area contributed by atoms with E-state index in [2.05, 4.69) is 68.6 Å². The maximum Gasteiger partial charge on any atom is 0.336 e. The number of hydrogen-bond donors (Lipinski definition) is 0. The monoisotopic (exact) mass is 821 g/mol. The smallest absolute Gasteiger partial charge is 0.336 e. The largest absolute Gasteiger partial charge is 1.00 e. The summed E-state index contributed by atoms with van der Waals surface area (Å²) >= 11 is 0. The van der Waals surface area contributed by atoms with Gasteiger partial charge in [-0.05, 0) is 77.9 Å². The molecule has 0 aliphatic rings. The quantitative estimate of drug-likeness (QED) is 0.0737. The Hall–Kier alpha value is -3.39. The van der Waals surface area contributed by atoms with Crippen molar-refractivity contribution in [3.63, 3.8) is 0 Å². The molecule has 306 valence electrons. The second-order valence-electron chi connectivity index (χ2n) is 14.3. The number of halogens is 3. The molecule has 0 saturated heterocycles. The number of likely N-dealkylation sites (N-methyl/N-ethyl adjacent to an activating group) is 2. The summed E-state index contributed by atoms with van der Waals surface area (Å²) in [6.07, 6.45) is 11.5. The maximum atomic E-state index is 14.3. The van der Waals surface area contributed by atoms with Crippen LogP contribution < -0.4 is 54.3 Å². The zero-order valence-corrected chi connectivity index (χ0v) is 35.9. The molecular formula is C40H62Cl3N9O3. The lowest BCUT2D eigenvalue weighted by Crippen LogP contribution is -3.00. The van der Waals surface area contributed by atoms with Crippen LogP contribution in [0.2, 0.25) is 0 Å². The van der Waals surface area contributed by atoms with Gasteiger partial charge in [-0.15, -0.1) is 0 Å². The first-order valence-corrected chi connectivity index (χ1v) is 19.3. The van der Waals surface area contributed by atoms with Crippen LogP contribution in [0.25, 0.3) is 0 Å². The van der Waals surface area contributed by atoms with Gasteiger partial charge in [-0.25, -0.2) is 28.1 Å². The van der Waals surface area contributed by atoms with Crippen LogP contribution in [-0.2, 0) is 39.3 Å². The van der Waals surface area contributed by atoms with E-state index in [0.29, 0.717) is 28.5 Å². The van der Waals surface area contributed by atoms with Crippen molar-refractivity contribution < 1.29 is 50.7 Å². The minimum Gasteiger partial charge on any atom is -1.00 e. The number of rotatable bonds is 22. The van der Waals surface area contributed by atoms with Gasteiger partial charge in [-0.1, -0.05) is 0 Å². The average molecular weight is 823 g/mol. The molecule has 0 amide bonds. The third-order valence-electron chi connectivity index (χ3n) is 11.8. The fourth-order valence-electron chi connectivity index (χ4n) is 7.60. The normalized spacial score (nSPS) is 11.7. The molecule has 0 unspecified atom stereocenters. The predicted octanol–water partition coefficient (Wildman–Crippen LogP) is -5.07. The van der Waals surface area contributed by atoms with Crippen molar-refractivity contribution in [1.82, 2.24) is 28.7 Å². The van der Waals surface area contributed by atoms with E-state index in [-0.39, 0.29) is 56.9 Å². The molecule has 0 aromatic carbocycles. The minimum absolute atomic E-state index is 0. The Morgan fingerprint density at radius 1 is 0.418 bits per heavy atom. The molecule has 4 rings (SSSR count). The summed E-state index contributed by atoms with van der Waals surface area (Å²) in [5.74, 6) is 0. The van der Waals surface area contributed by atoms with Crippen molar-refractivity contribution in [1.29, 1.82) is 0 Å². The van der Waals surface area contributed by atoms with E-state index in [1.165, 1.54) is 19.3 Å². The van der Waals surface area contributed by atoms with E-state index < -0.39 is 17.1 Å². The molecule has 0 spiro atoms. The number of aromatic nitrogens is 6. The molecule has 0 N–H and O–H groups in total. The zero-order chi connectivity index (χ0) is 37.6. The summed E-state index contributed by atoms with van der Waals surface area (Å²) in [6.45, 7) is 23.3. The lowest BCUT2D eigenvalue weighted by Gasteiger charge is -2.38. The SMILES string of the molecule is CC[N+](CC)(CCCn1c(=O)n(CC[N+](CC)(CC)Cc2ccncc2)c(=O)n(CC[N+](CC)(CC)Cc2ccncc2)c1=O)Cc1ccncc1.[Cl-].[Cl-].[Cl-]. The molecule has 0 atom stereocenters. The van der Waals surface area contributed by atoms with Crippen LogP contribution in [0.15, 0.2) is 88.0 Å². The van der Waals surface area contributed by atoms with Crippen LogP contribution >= 0.6 is 0 Å². The van der Waals surface area contributed by atoms with Crippen molar-refractivity contribution in [3.8, 4) is 0 Å². The first kappa shape index (κ1) is 49.6. The van der Waals surface area contributed by atoms with E-state index in [0.717, 1.165) is 81.1 Å². The van der Waals surface area contributed by atoms with E-state index in [9.17, 15) is 14.4 Å². The number of nitrogens with zero attached hydrogens (tertiary/aromatic N) is 9. The van der Waals surface area contributed by atoms with E-state index in [1.807, 2.05) is 36.7 Å². The minimum atomic E-state index is -0.514. The van der Waals surface area contributed by atoms with Gasteiger partial charge in [-0.3, -0.25) is 15.0 Å². The molecular weight excluding hydrogens is 761 g/mol. The molecule has 4 aromatic heterocycles. The van der Waals surface area contributed by atoms with Gasteiger partial charge < -0.3 is 50.7 Å². The molecule has 4 heterocycles. The highest BCUT2D eigenvalue weighted by Gasteiger charge is 2.29. The second-order valence-corrected chi connectivity index (χ2v) is 14.3. The fourth-order valence-corrected chi connectivity index (χ4v) is 7.60. The van der Waals surface area contributed by atoms with Crippen molar-refractivity contribution in [2.45, 2.75) is 87.2 Å². The van der Waals surface area contributed by atoms with Crippen molar-refractivity contribution >= 4 is 0 Å². The molecule has 0 radical (unpaired) electrons. The van der Waals surface area contributed by atoms with Crippen LogP contribution in [0.4, 0.5) is 0 Å². The van der Waals surface area contributed by atoms with Gasteiger partial charge in [0.15, 0.2) is 0 Å². The van der Waals surface area contributed by atoms with Gasteiger partial charge in [0.05, 0.1) is 72.0 Å². The van der Waals surface area contributed by atoms with Crippen molar-refractivity contribution in [2.24, 2.45) is 0 Å². The van der Waals surface area contributed by atoms with Crippen LogP contribution in [0.1, 0.15) is 64.7 Å². The Kier molecular flexibility index (Phi) is 21.3. The highest BCUT2D eigenvalue weighted by atomic mass is 35.5. The molecule has 0 aliphatic heterocycles. The second kappa shape index (κ2) is 23.6. The molecule has 0 fully saturated rings. The molecule has 4 aromatic rings. The summed E-state index contributed by atoms with van der Waals surface area (Å²) in [5, 5.41) is 0. The third kappa shape index (κ3) is 12.8. The van der Waals surface area contributed by atoms with Gasteiger partial charge in [0.1, 0.15) is 19.6 Å². The van der Waals surface area contributed by atoms with Gasteiger partial charge >= 0.3 is 17.1 Å². The molecule has 55 heavy (non-hydrogen) atoms. The van der Waals surface area contributed by atoms with Crippen molar-refractivity contribution in [2.75, 3.05) is 58.9 Å². The Labute approximate surface area is 345 Å². The third-order valence-corrected chi connectivity index (χ3v) is 11.8. The highest BCUT2D eigenvalue weighted by molar-refractivity contribution is 5.09. The summed E-state index contributed by atoms with van der Waals surface area (Å²) in [6, 6.07) is 12.2. The molecule has 0 aliphatic carbocycles. The van der Waals surface area contributed by atoms with E-state index in [1.54, 1.807) is 24.8 Å². The molecule has 15 heteroatoms. The Balaban J connectivity index is 0.00000504. The maximum absolute atomic E-state index is 14.3. The summed E-state index contributed by atoms with van der Waals surface area (Å²) in [5.41, 5.74) is 2.01. The average Bonchev–Trinajstić information content (AvgIpc) is 3.18. The van der Waals surface area contributed by atoms with E-state index >= 15 is 0 Å². The topological polar surface area (TPSA) is 105 Å². The van der Waals surface area contributed by atoms with Crippen molar-refractivity contribution in [3.05, 3.63) is 122 Å². The summed E-state index contributed by atoms with van der Waals surface area (Å²) in [7, 11) is 0. The number of hydrogen-bond acceptors (Lipinski definition) is 6. The first-order valence-electron chi connectivity index (χ1n) is 19.3. The Morgan fingerprint density at radius 2 is 0.673 bits per heavy atom. The Bertz CT molecular complexity index is 1740. The molecule has 0 bridgehead atoms. The van der Waals surface area contributed by atoms with Crippen LogP contribution in [0.5, 0.6) is 0 Å². The lowest BCUT2D eigenvalue weighted by atomic mass is 10.2. The fraction of sp³-hybridized carbons (Fsp3) is 0.550. The van der Waals surface area contributed by atoms with Crippen LogP contribution in [0, 0.1) is 0 Å². The zero-order valence-electron chi connectivity index (χ0n) is 33.6.